The van der Waals surface area contributed by atoms with E-state index in [1.807, 2.05) is 61.9 Å². The number of aryl methyl sites for hydroxylation is 2. The van der Waals surface area contributed by atoms with Crippen molar-refractivity contribution in [3.05, 3.63) is 57.9 Å². The van der Waals surface area contributed by atoms with E-state index in [0.717, 1.165) is 51.4 Å². The Morgan fingerprint density at radius 2 is 2.03 bits per heavy atom. The van der Waals surface area contributed by atoms with Gasteiger partial charge in [0.2, 0.25) is 0 Å². The maximum Gasteiger partial charge on any atom is 0.346 e. The number of methoxy groups -OCH3 is 1. The van der Waals surface area contributed by atoms with Gasteiger partial charge in [-0.1, -0.05) is 12.1 Å². The van der Waals surface area contributed by atoms with Crippen LogP contribution in [0, 0.1) is 0 Å². The summed E-state index contributed by atoms with van der Waals surface area (Å²) < 4.78 is 15.8. The third kappa shape index (κ3) is 2.39. The number of nitrogens with one attached hydrogen (secondary N) is 1. The van der Waals surface area contributed by atoms with E-state index in [2.05, 4.69) is 15.6 Å². The number of aromatic amines is 1. The fourth-order valence-electron chi connectivity index (χ4n) is 5.10. The van der Waals surface area contributed by atoms with Crippen LogP contribution in [0.2, 0.25) is 0 Å². The monoisotopic (exact) mass is 414 g/mol. The number of hydrogen-bond donors (Lipinski definition) is 1. The summed E-state index contributed by atoms with van der Waals surface area (Å²) in [4.78, 5) is 17.3. The van der Waals surface area contributed by atoms with E-state index in [4.69, 9.17) is 9.47 Å². The van der Waals surface area contributed by atoms with Crippen LogP contribution in [0.25, 0.3) is 39.4 Å². The molecule has 6 heteroatoms. The van der Waals surface area contributed by atoms with Gasteiger partial charge in [-0.25, -0.2) is 9.36 Å². The van der Waals surface area contributed by atoms with Gasteiger partial charge in [0.05, 0.1) is 26.2 Å². The van der Waals surface area contributed by atoms with Gasteiger partial charge >= 0.3 is 11.4 Å². The summed E-state index contributed by atoms with van der Waals surface area (Å²) in [5.41, 5.74) is 4.59. The Morgan fingerprint density at radius 1 is 1.19 bits per heavy atom. The molecule has 4 heterocycles. The van der Waals surface area contributed by atoms with E-state index in [-0.39, 0.29) is 11.2 Å². The van der Waals surface area contributed by atoms with Crippen LogP contribution in [-0.4, -0.2) is 22.3 Å². The molecule has 1 N–H and O–H groups in total. The first-order valence-electron chi connectivity index (χ1n) is 10.6. The van der Waals surface area contributed by atoms with Gasteiger partial charge in [0.1, 0.15) is 33.7 Å². The van der Waals surface area contributed by atoms with Crippen LogP contribution in [0.3, 0.4) is 0 Å². The van der Waals surface area contributed by atoms with Crippen LogP contribution in [0.4, 0.5) is 0 Å². The summed E-state index contributed by atoms with van der Waals surface area (Å²) in [6, 6.07) is 9.98. The Hall–Kier alpha value is -3.54. The quantitative estimate of drug-likeness (QED) is 0.483. The molecule has 0 saturated heterocycles. The third-order valence-corrected chi connectivity index (χ3v) is 6.52. The third-order valence-electron chi connectivity index (χ3n) is 6.52. The molecule has 0 amide bonds. The van der Waals surface area contributed by atoms with Crippen LogP contribution in [0.5, 0.6) is 11.5 Å². The minimum atomic E-state index is -0.383. The fraction of sp³-hybridized carbons (Fsp3) is 0.280. The van der Waals surface area contributed by atoms with Crippen molar-refractivity contribution >= 4 is 27.9 Å². The second kappa shape index (κ2) is 6.00. The molecule has 2 aromatic heterocycles. The van der Waals surface area contributed by atoms with Crippen molar-refractivity contribution < 1.29 is 14.0 Å². The molecule has 2 aliphatic heterocycles. The zero-order chi connectivity index (χ0) is 21.5. The van der Waals surface area contributed by atoms with E-state index in [1.165, 1.54) is 5.56 Å². The van der Waals surface area contributed by atoms with Crippen molar-refractivity contribution in [2.75, 3.05) is 7.11 Å². The van der Waals surface area contributed by atoms with Gasteiger partial charge in [0.15, 0.2) is 0 Å². The lowest BCUT2D eigenvalue weighted by molar-refractivity contribution is -0.638. The largest absolute Gasteiger partial charge is 0.496 e. The van der Waals surface area contributed by atoms with Crippen molar-refractivity contribution in [3.8, 4) is 23.0 Å². The molecule has 2 aliphatic rings. The van der Waals surface area contributed by atoms with Gasteiger partial charge < -0.3 is 14.5 Å². The predicted octanol–water partition coefficient (Wildman–Crippen LogP) is 3.72. The normalized spacial score (nSPS) is 16.0. The maximum absolute atomic E-state index is 13.7. The van der Waals surface area contributed by atoms with E-state index in [9.17, 15) is 4.79 Å². The van der Waals surface area contributed by atoms with Gasteiger partial charge in [-0.2, -0.15) is 4.57 Å². The molecule has 6 rings (SSSR count). The number of benzene rings is 2. The van der Waals surface area contributed by atoms with Crippen LogP contribution >= 0.6 is 0 Å². The van der Waals surface area contributed by atoms with Gasteiger partial charge in [0, 0.05) is 22.9 Å². The molecule has 2 aromatic carbocycles. The van der Waals surface area contributed by atoms with E-state index < -0.39 is 0 Å². The molecule has 6 nitrogen and oxygen atoms in total. The van der Waals surface area contributed by atoms with E-state index >= 15 is 0 Å². The number of nitrogens with zero attached hydrogens (tertiary/aromatic N) is 2. The molecule has 4 aromatic rings. The number of ether oxygens (including phenoxy) is 2. The minimum absolute atomic E-state index is 0.0178. The topological polar surface area (TPSA) is 60.1 Å². The van der Waals surface area contributed by atoms with Crippen LogP contribution in [0.15, 0.2) is 41.2 Å². The molecule has 156 valence electrons. The highest BCUT2D eigenvalue weighted by atomic mass is 16.5. The summed E-state index contributed by atoms with van der Waals surface area (Å²) in [5, 5.41) is 1.80. The molecule has 0 unspecified atom stereocenters. The molecule has 0 fully saturated rings. The molecule has 0 spiro atoms. The number of H-pyrrole nitrogens is 1. The lowest BCUT2D eigenvalue weighted by Gasteiger charge is -2.28. The van der Waals surface area contributed by atoms with Crippen molar-refractivity contribution in [2.45, 2.75) is 32.4 Å². The fourth-order valence-corrected chi connectivity index (χ4v) is 5.10. The second-order valence-electron chi connectivity index (χ2n) is 8.86. The maximum atomic E-state index is 13.7. The predicted molar refractivity (Wildman–Crippen MR) is 121 cm³/mol. The zero-order valence-corrected chi connectivity index (χ0v) is 18.1. The average molecular weight is 414 g/mol. The number of fused-ring (bicyclic) bond motifs is 8. The lowest BCUT2D eigenvalue weighted by Crippen LogP contribution is -2.44. The van der Waals surface area contributed by atoms with Gasteiger partial charge in [0.25, 0.3) is 0 Å². The van der Waals surface area contributed by atoms with E-state index in [1.54, 1.807) is 7.11 Å². The van der Waals surface area contributed by atoms with Crippen molar-refractivity contribution in [1.29, 1.82) is 0 Å². The highest BCUT2D eigenvalue weighted by molar-refractivity contribution is 5.95. The summed E-state index contributed by atoms with van der Waals surface area (Å²) in [6.07, 6.45) is 4.81. The summed E-state index contributed by atoms with van der Waals surface area (Å²) in [7, 11) is 3.72. The average Bonchev–Trinajstić information content (AvgIpc) is 3.14. The lowest BCUT2D eigenvalue weighted by atomic mass is 9.98. The first-order valence-corrected chi connectivity index (χ1v) is 10.6. The highest BCUT2D eigenvalue weighted by Gasteiger charge is 2.34. The number of rotatable bonds is 1. The molecule has 31 heavy (non-hydrogen) atoms. The smallest absolute Gasteiger partial charge is 0.346 e. The van der Waals surface area contributed by atoms with Gasteiger partial charge in [-0.15, -0.1) is 0 Å². The van der Waals surface area contributed by atoms with Crippen molar-refractivity contribution in [1.82, 2.24) is 9.55 Å². The van der Waals surface area contributed by atoms with Crippen molar-refractivity contribution in [3.63, 3.8) is 0 Å². The Morgan fingerprint density at radius 3 is 2.84 bits per heavy atom. The Bertz CT molecular complexity index is 1500. The molecular formula is C25H24N3O3+. The summed E-state index contributed by atoms with van der Waals surface area (Å²) in [5.74, 6) is 2.50. The summed E-state index contributed by atoms with van der Waals surface area (Å²) in [6.45, 7) is 4.65. The molecule has 0 aliphatic carbocycles. The Kier molecular flexibility index (Phi) is 3.53. The molecular weight excluding hydrogens is 390 g/mol. The zero-order valence-electron chi connectivity index (χ0n) is 18.1. The SMILES string of the molecule is COc1cccc2[nH]c3c(c12)CCn1c-3[n+](C)c2ccc3c(c2c1=O)C=CC(C)(C)O3. The minimum Gasteiger partial charge on any atom is -0.496 e. The van der Waals surface area contributed by atoms with E-state index in [0.29, 0.717) is 11.9 Å². The Balaban J connectivity index is 1.69. The second-order valence-corrected chi connectivity index (χ2v) is 8.86. The standard InChI is InChI=1S/C25H23N3O3/c1-25(2)12-10-14-18(31-25)9-8-17-21(14)24(29)28-13-11-15-20-16(6-5-7-19(20)30-4)26-22(15)23(28)27(17)3/h5-10,12H,11,13H2,1-4H3/p+1. The Labute approximate surface area is 179 Å². The molecule has 0 radical (unpaired) electrons. The van der Waals surface area contributed by atoms with Gasteiger partial charge in [-0.05, 0) is 44.2 Å². The first-order chi connectivity index (χ1) is 14.9. The first kappa shape index (κ1) is 18.2. The number of hydrogen-bond acceptors (Lipinski definition) is 3. The van der Waals surface area contributed by atoms with Crippen LogP contribution in [0.1, 0.15) is 25.0 Å². The van der Waals surface area contributed by atoms with Crippen molar-refractivity contribution in [2.24, 2.45) is 7.05 Å². The molecule has 0 atom stereocenters. The van der Waals surface area contributed by atoms with Crippen LogP contribution < -0.4 is 19.6 Å². The van der Waals surface area contributed by atoms with Gasteiger partial charge in [-0.3, -0.25) is 0 Å². The van der Waals surface area contributed by atoms with Crippen LogP contribution in [-0.2, 0) is 20.0 Å². The number of aromatic nitrogens is 3. The molecule has 0 bridgehead atoms. The summed E-state index contributed by atoms with van der Waals surface area (Å²) >= 11 is 0. The highest BCUT2D eigenvalue weighted by Crippen LogP contribution is 2.39. The molecule has 0 saturated carbocycles.